The van der Waals surface area contributed by atoms with Crippen molar-refractivity contribution in [3.05, 3.63) is 65.9 Å². The van der Waals surface area contributed by atoms with Crippen molar-refractivity contribution >= 4 is 5.91 Å². The Morgan fingerprint density at radius 1 is 1.15 bits per heavy atom. The first kappa shape index (κ1) is 22.6. The molecular formula is C20H15F6N5O2. The Kier molecular flexibility index (Phi) is 5.72. The topological polar surface area (TPSA) is 73.1 Å². The second-order valence-corrected chi connectivity index (χ2v) is 7.20. The number of aromatic nitrogens is 4. The summed E-state index contributed by atoms with van der Waals surface area (Å²) >= 11 is 0. The van der Waals surface area contributed by atoms with E-state index in [0.717, 1.165) is 27.9 Å². The molecule has 7 nitrogen and oxygen atoms in total. The van der Waals surface area contributed by atoms with Crippen LogP contribution < -0.4 is 4.74 Å². The lowest BCUT2D eigenvalue weighted by atomic mass is 10.1. The summed E-state index contributed by atoms with van der Waals surface area (Å²) in [6.45, 7) is -1.08. The van der Waals surface area contributed by atoms with Crippen LogP contribution >= 0.6 is 0 Å². The number of likely N-dealkylation sites (tertiary alicyclic amines) is 1. The fraction of sp³-hybridized carbons (Fsp3) is 0.300. The number of amides is 1. The van der Waals surface area contributed by atoms with Crippen molar-refractivity contribution in [2.45, 2.75) is 24.6 Å². The molecule has 1 atom stereocenters. The molecule has 1 fully saturated rings. The van der Waals surface area contributed by atoms with Crippen LogP contribution in [-0.2, 0) is 6.18 Å². The third-order valence-electron chi connectivity index (χ3n) is 5.09. The van der Waals surface area contributed by atoms with Crippen molar-refractivity contribution in [2.75, 3.05) is 13.2 Å². The predicted molar refractivity (Wildman–Crippen MR) is 100 cm³/mol. The van der Waals surface area contributed by atoms with Crippen LogP contribution in [0.25, 0.3) is 5.69 Å². The molecule has 13 heteroatoms. The van der Waals surface area contributed by atoms with Gasteiger partial charge < -0.3 is 9.64 Å². The number of nitrogens with zero attached hydrogens (tertiary/aromatic N) is 5. The minimum atomic E-state index is -4.61. The molecule has 1 aromatic carbocycles. The molecule has 0 radical (unpaired) electrons. The highest BCUT2D eigenvalue weighted by atomic mass is 19.4. The first-order valence-electron chi connectivity index (χ1n) is 9.57. The average Bonchev–Trinajstić information content (AvgIpc) is 3.39. The normalized spacial score (nSPS) is 17.9. The number of hydrogen-bond acceptors (Lipinski definition) is 5. The van der Waals surface area contributed by atoms with Crippen LogP contribution in [0.1, 0.15) is 22.3 Å². The molecule has 0 bridgehead atoms. The zero-order valence-corrected chi connectivity index (χ0v) is 16.6. The molecule has 3 aromatic rings. The third-order valence-corrected chi connectivity index (χ3v) is 5.09. The van der Waals surface area contributed by atoms with E-state index < -0.39 is 48.5 Å². The van der Waals surface area contributed by atoms with Crippen LogP contribution in [-0.4, -0.2) is 55.9 Å². The number of halogens is 6. The van der Waals surface area contributed by atoms with E-state index in [1.165, 1.54) is 18.5 Å². The van der Waals surface area contributed by atoms with Gasteiger partial charge in [0.2, 0.25) is 5.88 Å². The second kappa shape index (κ2) is 8.37. The van der Waals surface area contributed by atoms with E-state index in [0.29, 0.717) is 12.3 Å². The fourth-order valence-corrected chi connectivity index (χ4v) is 3.42. The maximum absolute atomic E-state index is 14.6. The number of hydrogen-bond donors (Lipinski definition) is 0. The van der Waals surface area contributed by atoms with Gasteiger partial charge >= 0.3 is 6.18 Å². The van der Waals surface area contributed by atoms with Gasteiger partial charge in [0.25, 0.3) is 11.8 Å². The number of carbonyl (C=O) groups excluding carboxylic acids is 1. The Hall–Kier alpha value is -3.64. The highest BCUT2D eigenvalue weighted by molar-refractivity contribution is 5.98. The maximum Gasteiger partial charge on any atom is 0.417 e. The van der Waals surface area contributed by atoms with Crippen molar-refractivity contribution in [3.63, 3.8) is 0 Å². The molecule has 0 saturated carbocycles. The van der Waals surface area contributed by atoms with Crippen LogP contribution in [0, 0.1) is 5.82 Å². The predicted octanol–water partition coefficient (Wildman–Crippen LogP) is 3.75. The van der Waals surface area contributed by atoms with Crippen molar-refractivity contribution in [3.8, 4) is 11.6 Å². The Morgan fingerprint density at radius 3 is 2.52 bits per heavy atom. The van der Waals surface area contributed by atoms with E-state index in [2.05, 4.69) is 15.2 Å². The molecule has 0 unspecified atom stereocenters. The summed E-state index contributed by atoms with van der Waals surface area (Å²) in [4.78, 5) is 18.5. The molecular weight excluding hydrogens is 456 g/mol. The molecule has 4 rings (SSSR count). The quantitative estimate of drug-likeness (QED) is 0.530. The molecule has 3 heterocycles. The largest absolute Gasteiger partial charge is 0.475 e. The van der Waals surface area contributed by atoms with E-state index in [9.17, 15) is 31.1 Å². The molecule has 1 amide bonds. The molecule has 174 valence electrons. The van der Waals surface area contributed by atoms with Gasteiger partial charge in [-0.05, 0) is 24.3 Å². The Bertz CT molecular complexity index is 1130. The highest BCUT2D eigenvalue weighted by Gasteiger charge is 2.51. The fourth-order valence-electron chi connectivity index (χ4n) is 3.42. The van der Waals surface area contributed by atoms with Crippen molar-refractivity contribution < 1.29 is 35.9 Å². The number of carbonyl (C=O) groups is 1. The number of pyridine rings is 1. The van der Waals surface area contributed by atoms with Gasteiger partial charge in [0, 0.05) is 25.2 Å². The Labute approximate surface area is 182 Å². The van der Waals surface area contributed by atoms with Gasteiger partial charge in [0.1, 0.15) is 18.5 Å². The van der Waals surface area contributed by atoms with E-state index in [-0.39, 0.29) is 23.7 Å². The standard InChI is InChI=1S/C20H15F6N5O2/c21-13-2-3-15(31-28-6-7-29-31)14(9-13)18(32)30-8-5-19(22,23)16(30)11-33-17-4-1-12(10-27-17)20(24,25)26/h1-4,6-7,9-10,16H,5,8,11H2/t16-/m1/s1. The van der Waals surface area contributed by atoms with Crippen molar-refractivity contribution in [1.29, 1.82) is 0 Å². The molecule has 0 N–H and O–H groups in total. The molecule has 2 aromatic heterocycles. The molecule has 1 saturated heterocycles. The molecule has 1 aliphatic heterocycles. The lowest BCUT2D eigenvalue weighted by Crippen LogP contribution is -2.46. The smallest absolute Gasteiger partial charge is 0.417 e. The van der Waals surface area contributed by atoms with Gasteiger partial charge in [-0.1, -0.05) is 0 Å². The SMILES string of the molecule is O=C(c1cc(F)ccc1-n1nccn1)N1CCC(F)(F)[C@H]1COc1ccc(C(F)(F)F)cn1. The minimum absolute atomic E-state index is 0.0886. The molecule has 1 aliphatic rings. The van der Waals surface area contributed by atoms with Crippen LogP contribution in [0.15, 0.2) is 48.9 Å². The van der Waals surface area contributed by atoms with Gasteiger partial charge in [-0.3, -0.25) is 4.79 Å². The van der Waals surface area contributed by atoms with Crippen molar-refractivity contribution in [1.82, 2.24) is 24.9 Å². The summed E-state index contributed by atoms with van der Waals surface area (Å²) in [5.74, 6) is -5.32. The molecule has 33 heavy (non-hydrogen) atoms. The van der Waals surface area contributed by atoms with Crippen LogP contribution in [0.5, 0.6) is 5.88 Å². The van der Waals surface area contributed by atoms with Gasteiger partial charge in [-0.15, -0.1) is 0 Å². The number of rotatable bonds is 5. The summed E-state index contributed by atoms with van der Waals surface area (Å²) in [6, 6.07) is 3.06. The summed E-state index contributed by atoms with van der Waals surface area (Å²) < 4.78 is 86.2. The minimum Gasteiger partial charge on any atom is -0.475 e. The van der Waals surface area contributed by atoms with Gasteiger partial charge in [0.15, 0.2) is 0 Å². The van der Waals surface area contributed by atoms with Crippen molar-refractivity contribution in [2.24, 2.45) is 0 Å². The van der Waals surface area contributed by atoms with Crippen LogP contribution in [0.4, 0.5) is 26.3 Å². The van der Waals surface area contributed by atoms with E-state index in [1.807, 2.05) is 0 Å². The summed E-state index contributed by atoms with van der Waals surface area (Å²) in [5, 5.41) is 7.77. The van der Waals surface area contributed by atoms with E-state index in [1.54, 1.807) is 0 Å². The zero-order chi connectivity index (χ0) is 23.8. The lowest BCUT2D eigenvalue weighted by Gasteiger charge is -2.28. The second-order valence-electron chi connectivity index (χ2n) is 7.20. The van der Waals surface area contributed by atoms with E-state index in [4.69, 9.17) is 4.74 Å². The third kappa shape index (κ3) is 4.61. The molecule has 0 aliphatic carbocycles. The first-order valence-corrected chi connectivity index (χ1v) is 9.57. The highest BCUT2D eigenvalue weighted by Crippen LogP contribution is 2.36. The summed E-state index contributed by atoms with van der Waals surface area (Å²) in [7, 11) is 0. The lowest BCUT2D eigenvalue weighted by molar-refractivity contribution is -0.137. The van der Waals surface area contributed by atoms with Crippen LogP contribution in [0.3, 0.4) is 0 Å². The average molecular weight is 471 g/mol. The number of ether oxygens (including phenoxy) is 1. The van der Waals surface area contributed by atoms with Gasteiger partial charge in [-0.2, -0.15) is 28.2 Å². The molecule has 0 spiro atoms. The summed E-state index contributed by atoms with van der Waals surface area (Å²) in [6.07, 6.45) is -2.11. The monoisotopic (exact) mass is 471 g/mol. The zero-order valence-electron chi connectivity index (χ0n) is 16.6. The van der Waals surface area contributed by atoms with E-state index >= 15 is 0 Å². The Morgan fingerprint density at radius 2 is 1.88 bits per heavy atom. The van der Waals surface area contributed by atoms with Gasteiger partial charge in [0.05, 0.1) is 29.2 Å². The maximum atomic E-state index is 14.6. The van der Waals surface area contributed by atoms with Crippen LogP contribution in [0.2, 0.25) is 0 Å². The summed E-state index contributed by atoms with van der Waals surface area (Å²) in [5.41, 5.74) is -1.17. The Balaban J connectivity index is 1.57. The number of benzene rings is 1. The first-order chi connectivity index (χ1) is 15.6. The number of alkyl halides is 5. The van der Waals surface area contributed by atoms with Gasteiger partial charge in [-0.25, -0.2) is 18.2 Å².